The lowest BCUT2D eigenvalue weighted by Crippen LogP contribution is -2.33. The number of amides is 1. The molecule has 3 rings (SSSR count). The molecule has 0 aliphatic rings. The summed E-state index contributed by atoms with van der Waals surface area (Å²) in [5.41, 5.74) is 2.40. The molecular formula is C18H18N4O2. The number of carbonyl (C=O) groups excluding carboxylic acids is 1. The van der Waals surface area contributed by atoms with Gasteiger partial charge in [-0.25, -0.2) is 4.68 Å². The predicted molar refractivity (Wildman–Crippen MR) is 89.8 cm³/mol. The number of nitrogens with zero attached hydrogens (tertiary/aromatic N) is 3. The van der Waals surface area contributed by atoms with E-state index in [4.69, 9.17) is 0 Å². The van der Waals surface area contributed by atoms with E-state index in [-0.39, 0.29) is 12.5 Å². The van der Waals surface area contributed by atoms with Crippen molar-refractivity contribution >= 4 is 5.91 Å². The molecule has 0 saturated carbocycles. The lowest BCUT2D eigenvalue weighted by atomic mass is 10.1. The topological polar surface area (TPSA) is 80.0 Å². The summed E-state index contributed by atoms with van der Waals surface area (Å²) in [6.45, 7) is 0.207. The molecule has 1 aromatic heterocycles. The second-order valence-corrected chi connectivity index (χ2v) is 5.45. The Morgan fingerprint density at radius 1 is 1.12 bits per heavy atom. The molecule has 0 radical (unpaired) electrons. The molecule has 2 aromatic carbocycles. The molecule has 1 atom stereocenters. The maximum absolute atomic E-state index is 12.1. The van der Waals surface area contributed by atoms with E-state index < -0.39 is 6.10 Å². The summed E-state index contributed by atoms with van der Waals surface area (Å²) < 4.78 is 1.62. The molecule has 6 nitrogen and oxygen atoms in total. The normalized spacial score (nSPS) is 11.9. The number of aliphatic hydroxyl groups is 1. The number of nitrogens with one attached hydrogen (secondary N) is 1. The first kappa shape index (κ1) is 15.9. The van der Waals surface area contributed by atoms with Gasteiger partial charge in [-0.15, -0.1) is 5.10 Å². The third-order valence-electron chi connectivity index (χ3n) is 3.63. The summed E-state index contributed by atoms with van der Waals surface area (Å²) in [4.78, 5) is 12.1. The van der Waals surface area contributed by atoms with Crippen molar-refractivity contribution in [2.45, 2.75) is 12.5 Å². The van der Waals surface area contributed by atoms with Crippen molar-refractivity contribution < 1.29 is 9.90 Å². The van der Waals surface area contributed by atoms with Crippen LogP contribution in [0.5, 0.6) is 0 Å². The minimum atomic E-state index is -0.620. The standard InChI is InChI=1S/C18H18N4O2/c23-17(12-14-4-2-1-3-5-14)13-19-18(24)15-6-8-16(9-7-15)22-11-10-20-21-22/h1-11,17,23H,12-13H2,(H,19,24). The van der Waals surface area contributed by atoms with Crippen LogP contribution >= 0.6 is 0 Å². The van der Waals surface area contributed by atoms with Crippen LogP contribution in [0.1, 0.15) is 15.9 Å². The summed E-state index contributed by atoms with van der Waals surface area (Å²) in [6.07, 6.45) is 3.21. The molecule has 0 fully saturated rings. The first-order valence-corrected chi connectivity index (χ1v) is 7.69. The molecule has 0 saturated heterocycles. The van der Waals surface area contributed by atoms with Crippen molar-refractivity contribution in [2.75, 3.05) is 6.54 Å². The zero-order chi connectivity index (χ0) is 16.8. The Morgan fingerprint density at radius 2 is 1.88 bits per heavy atom. The van der Waals surface area contributed by atoms with Crippen molar-refractivity contribution in [1.29, 1.82) is 0 Å². The largest absolute Gasteiger partial charge is 0.391 e. The van der Waals surface area contributed by atoms with Crippen molar-refractivity contribution in [3.8, 4) is 5.69 Å². The van der Waals surface area contributed by atoms with Gasteiger partial charge in [0.25, 0.3) is 5.91 Å². The van der Waals surface area contributed by atoms with Crippen LogP contribution in [-0.2, 0) is 6.42 Å². The second-order valence-electron chi connectivity index (χ2n) is 5.45. The highest BCUT2D eigenvalue weighted by molar-refractivity contribution is 5.94. The Morgan fingerprint density at radius 3 is 2.54 bits per heavy atom. The minimum Gasteiger partial charge on any atom is -0.391 e. The quantitative estimate of drug-likeness (QED) is 0.722. The molecular weight excluding hydrogens is 304 g/mol. The second kappa shape index (κ2) is 7.52. The predicted octanol–water partition coefficient (Wildman–Crippen LogP) is 1.60. The van der Waals surface area contributed by atoms with Crippen LogP contribution in [0, 0.1) is 0 Å². The summed E-state index contributed by atoms with van der Waals surface area (Å²) in [5.74, 6) is -0.216. The van der Waals surface area contributed by atoms with Crippen LogP contribution in [0.25, 0.3) is 5.69 Å². The third-order valence-corrected chi connectivity index (χ3v) is 3.63. The van der Waals surface area contributed by atoms with Crippen molar-refractivity contribution in [3.05, 3.63) is 78.1 Å². The number of hydrogen-bond acceptors (Lipinski definition) is 4. The highest BCUT2D eigenvalue weighted by Gasteiger charge is 2.10. The Hall–Kier alpha value is -2.99. The molecule has 0 aliphatic carbocycles. The average molecular weight is 322 g/mol. The summed E-state index contributed by atoms with van der Waals surface area (Å²) >= 11 is 0. The van der Waals surface area contributed by atoms with Gasteiger partial charge in [0, 0.05) is 18.5 Å². The maximum Gasteiger partial charge on any atom is 0.251 e. The molecule has 0 spiro atoms. The molecule has 1 unspecified atom stereocenters. The SMILES string of the molecule is O=C(NCC(O)Cc1ccccc1)c1ccc(-n2ccnn2)cc1. The Balaban J connectivity index is 1.53. The molecule has 1 heterocycles. The molecule has 24 heavy (non-hydrogen) atoms. The van der Waals surface area contributed by atoms with Crippen molar-refractivity contribution in [2.24, 2.45) is 0 Å². The fourth-order valence-electron chi connectivity index (χ4n) is 2.38. The van der Waals surface area contributed by atoms with E-state index in [1.165, 1.54) is 0 Å². The molecule has 2 N–H and O–H groups in total. The lowest BCUT2D eigenvalue weighted by Gasteiger charge is -2.12. The minimum absolute atomic E-state index is 0.207. The zero-order valence-corrected chi connectivity index (χ0v) is 13.0. The monoisotopic (exact) mass is 322 g/mol. The van der Waals surface area contributed by atoms with E-state index in [1.807, 2.05) is 30.3 Å². The van der Waals surface area contributed by atoms with Gasteiger partial charge in [-0.05, 0) is 29.8 Å². The van der Waals surface area contributed by atoms with Gasteiger partial charge in [0.1, 0.15) is 0 Å². The average Bonchev–Trinajstić information content (AvgIpc) is 3.15. The fraction of sp³-hybridized carbons (Fsp3) is 0.167. The van der Waals surface area contributed by atoms with Crippen molar-refractivity contribution in [3.63, 3.8) is 0 Å². The number of benzene rings is 2. The van der Waals surface area contributed by atoms with E-state index in [0.717, 1.165) is 11.3 Å². The van der Waals surface area contributed by atoms with Crippen LogP contribution in [0.15, 0.2) is 67.0 Å². The molecule has 122 valence electrons. The Labute approximate surface area is 139 Å². The van der Waals surface area contributed by atoms with Gasteiger partial charge in [-0.3, -0.25) is 4.79 Å². The number of aromatic nitrogens is 3. The van der Waals surface area contributed by atoms with Gasteiger partial charge in [-0.2, -0.15) is 0 Å². The molecule has 6 heteroatoms. The van der Waals surface area contributed by atoms with E-state index >= 15 is 0 Å². The Kier molecular flexibility index (Phi) is 4.98. The van der Waals surface area contributed by atoms with Gasteiger partial charge in [0.15, 0.2) is 0 Å². The van der Waals surface area contributed by atoms with E-state index in [1.54, 1.807) is 41.3 Å². The van der Waals surface area contributed by atoms with Crippen LogP contribution in [0.2, 0.25) is 0 Å². The van der Waals surface area contributed by atoms with Gasteiger partial charge in [0.05, 0.1) is 24.2 Å². The maximum atomic E-state index is 12.1. The third kappa shape index (κ3) is 4.05. The van der Waals surface area contributed by atoms with E-state index in [0.29, 0.717) is 12.0 Å². The zero-order valence-electron chi connectivity index (χ0n) is 13.0. The summed E-state index contributed by atoms with van der Waals surface area (Å²) in [7, 11) is 0. The van der Waals surface area contributed by atoms with Gasteiger partial charge >= 0.3 is 0 Å². The van der Waals surface area contributed by atoms with Crippen LogP contribution in [0.3, 0.4) is 0 Å². The smallest absolute Gasteiger partial charge is 0.251 e. The number of hydrogen-bond donors (Lipinski definition) is 2. The van der Waals surface area contributed by atoms with Gasteiger partial charge < -0.3 is 10.4 Å². The molecule has 1 amide bonds. The Bertz CT molecular complexity index is 771. The lowest BCUT2D eigenvalue weighted by molar-refractivity contribution is 0.0916. The molecule has 0 aliphatic heterocycles. The van der Waals surface area contributed by atoms with E-state index in [9.17, 15) is 9.90 Å². The highest BCUT2D eigenvalue weighted by atomic mass is 16.3. The number of carbonyl (C=O) groups is 1. The molecule has 0 bridgehead atoms. The van der Waals surface area contributed by atoms with Gasteiger partial charge in [0.2, 0.25) is 0 Å². The van der Waals surface area contributed by atoms with Gasteiger partial charge in [-0.1, -0.05) is 35.5 Å². The van der Waals surface area contributed by atoms with Crippen molar-refractivity contribution in [1.82, 2.24) is 20.3 Å². The number of aliphatic hydroxyl groups excluding tert-OH is 1. The summed E-state index contributed by atoms with van der Waals surface area (Å²) in [6, 6.07) is 16.7. The highest BCUT2D eigenvalue weighted by Crippen LogP contribution is 2.08. The number of rotatable bonds is 6. The van der Waals surface area contributed by atoms with Crippen LogP contribution in [-0.4, -0.2) is 38.7 Å². The van der Waals surface area contributed by atoms with Crippen LogP contribution in [0.4, 0.5) is 0 Å². The fourth-order valence-corrected chi connectivity index (χ4v) is 2.38. The van der Waals surface area contributed by atoms with Crippen LogP contribution < -0.4 is 5.32 Å². The van der Waals surface area contributed by atoms with E-state index in [2.05, 4.69) is 15.6 Å². The first-order valence-electron chi connectivity index (χ1n) is 7.69. The summed E-state index contributed by atoms with van der Waals surface area (Å²) in [5, 5.41) is 20.4. The first-order chi connectivity index (χ1) is 11.7. The molecule has 3 aromatic rings.